The molecule has 0 saturated carbocycles. The average molecular weight is 493 g/mol. The third-order valence-electron chi connectivity index (χ3n) is 5.09. The number of rotatable bonds is 7. The molecule has 0 unspecified atom stereocenters. The van der Waals surface area contributed by atoms with Gasteiger partial charge in [-0.15, -0.1) is 0 Å². The van der Waals surface area contributed by atoms with E-state index >= 15 is 0 Å². The maximum Gasteiger partial charge on any atom is 0.335 e. The molecule has 10 nitrogen and oxygen atoms in total. The summed E-state index contributed by atoms with van der Waals surface area (Å²) >= 11 is 1.13. The largest absolute Gasteiger partial charge is 0.497 e. The molecule has 1 N–H and O–H groups in total. The van der Waals surface area contributed by atoms with Crippen LogP contribution < -0.4 is 4.74 Å². The second-order valence-electron chi connectivity index (χ2n) is 7.25. The summed E-state index contributed by atoms with van der Waals surface area (Å²) in [5.41, 5.74) is 0.615. The number of thioether (sulfide) groups is 1. The van der Waals surface area contributed by atoms with Crippen molar-refractivity contribution in [2.45, 2.75) is 6.92 Å². The SMILES string of the molecule is CCN1C(=O)/C(=C\c2ccc(-c3ccc(OC)cc3[N+](=O)[O-])o2)SC1=Nc1cccc(C(=O)O)c1. The minimum absolute atomic E-state index is 0.0933. The number of hydrogen-bond acceptors (Lipinski definition) is 8. The molecule has 3 aromatic rings. The van der Waals surface area contributed by atoms with Gasteiger partial charge in [0.1, 0.15) is 17.3 Å². The Balaban J connectivity index is 1.64. The zero-order chi connectivity index (χ0) is 25.1. The van der Waals surface area contributed by atoms with Gasteiger partial charge in [-0.25, -0.2) is 9.79 Å². The van der Waals surface area contributed by atoms with E-state index in [-0.39, 0.29) is 28.5 Å². The van der Waals surface area contributed by atoms with Gasteiger partial charge < -0.3 is 14.3 Å². The lowest BCUT2D eigenvalue weighted by molar-refractivity contribution is -0.384. The van der Waals surface area contributed by atoms with E-state index in [9.17, 15) is 24.8 Å². The lowest BCUT2D eigenvalue weighted by Gasteiger charge is -2.12. The van der Waals surface area contributed by atoms with Crippen molar-refractivity contribution < 1.29 is 28.8 Å². The molecule has 1 amide bonds. The fourth-order valence-electron chi connectivity index (χ4n) is 3.39. The van der Waals surface area contributed by atoms with Gasteiger partial charge in [0.05, 0.1) is 39.8 Å². The normalized spacial score (nSPS) is 15.7. The molecule has 178 valence electrons. The zero-order valence-corrected chi connectivity index (χ0v) is 19.4. The Bertz CT molecular complexity index is 1390. The van der Waals surface area contributed by atoms with Crippen molar-refractivity contribution >= 4 is 46.3 Å². The summed E-state index contributed by atoms with van der Waals surface area (Å²) in [6.45, 7) is 2.17. The molecule has 4 rings (SSSR count). The highest BCUT2D eigenvalue weighted by molar-refractivity contribution is 8.18. The second kappa shape index (κ2) is 9.85. The topological polar surface area (TPSA) is 135 Å². The van der Waals surface area contributed by atoms with Crippen molar-refractivity contribution in [3.8, 4) is 17.1 Å². The lowest BCUT2D eigenvalue weighted by Crippen LogP contribution is -2.28. The molecule has 1 fully saturated rings. The zero-order valence-electron chi connectivity index (χ0n) is 18.6. The second-order valence-corrected chi connectivity index (χ2v) is 8.26. The number of carboxylic acid groups (broad SMARTS) is 1. The van der Waals surface area contributed by atoms with Crippen molar-refractivity contribution in [3.05, 3.63) is 80.9 Å². The molecule has 1 aliphatic heterocycles. The first-order valence-electron chi connectivity index (χ1n) is 10.4. The first-order valence-corrected chi connectivity index (χ1v) is 11.2. The number of methoxy groups -OCH3 is 1. The van der Waals surface area contributed by atoms with E-state index < -0.39 is 10.9 Å². The molecular formula is C24H19N3O7S. The van der Waals surface area contributed by atoms with Gasteiger partial charge in [-0.2, -0.15) is 0 Å². The Morgan fingerprint density at radius 3 is 2.74 bits per heavy atom. The number of nitro benzene ring substituents is 1. The molecule has 2 heterocycles. The Morgan fingerprint density at radius 1 is 1.26 bits per heavy atom. The molecular weight excluding hydrogens is 474 g/mol. The number of nitrogens with zero attached hydrogens (tertiary/aromatic N) is 3. The van der Waals surface area contributed by atoms with E-state index in [4.69, 9.17) is 9.15 Å². The van der Waals surface area contributed by atoms with Gasteiger partial charge in [0.25, 0.3) is 11.6 Å². The first kappa shape index (κ1) is 23.8. The molecule has 0 spiro atoms. The number of carbonyl (C=O) groups excluding carboxylic acids is 1. The summed E-state index contributed by atoms with van der Waals surface area (Å²) in [5.74, 6) is -0.387. The highest BCUT2D eigenvalue weighted by atomic mass is 32.2. The Labute approximate surface area is 203 Å². The van der Waals surface area contributed by atoms with E-state index in [0.29, 0.717) is 33.8 Å². The van der Waals surface area contributed by atoms with E-state index in [2.05, 4.69) is 4.99 Å². The molecule has 0 radical (unpaired) electrons. The van der Waals surface area contributed by atoms with Crippen molar-refractivity contribution in [2.75, 3.05) is 13.7 Å². The molecule has 0 aliphatic carbocycles. The monoisotopic (exact) mass is 493 g/mol. The van der Waals surface area contributed by atoms with Crippen molar-refractivity contribution in [3.63, 3.8) is 0 Å². The van der Waals surface area contributed by atoms with Crippen LogP contribution in [0.2, 0.25) is 0 Å². The number of amides is 1. The van der Waals surface area contributed by atoms with Crippen molar-refractivity contribution in [1.82, 2.24) is 4.90 Å². The molecule has 1 saturated heterocycles. The van der Waals surface area contributed by atoms with Gasteiger partial charge in [0.15, 0.2) is 5.17 Å². The number of carbonyl (C=O) groups is 2. The fourth-order valence-corrected chi connectivity index (χ4v) is 4.43. The number of ether oxygens (including phenoxy) is 1. The summed E-state index contributed by atoms with van der Waals surface area (Å²) in [6, 6.07) is 13.8. The summed E-state index contributed by atoms with van der Waals surface area (Å²) in [7, 11) is 1.42. The first-order chi connectivity index (χ1) is 16.8. The van der Waals surface area contributed by atoms with Gasteiger partial charge in [0, 0.05) is 12.6 Å². The number of aromatic carboxylic acids is 1. The summed E-state index contributed by atoms with van der Waals surface area (Å²) < 4.78 is 10.9. The molecule has 1 aromatic heterocycles. The lowest BCUT2D eigenvalue weighted by atomic mass is 10.1. The van der Waals surface area contributed by atoms with Crippen molar-refractivity contribution in [2.24, 2.45) is 4.99 Å². The third-order valence-corrected chi connectivity index (χ3v) is 6.10. The van der Waals surface area contributed by atoms with Crippen molar-refractivity contribution in [1.29, 1.82) is 0 Å². The van der Waals surface area contributed by atoms with Gasteiger partial charge in [-0.1, -0.05) is 6.07 Å². The highest BCUT2D eigenvalue weighted by Gasteiger charge is 2.32. The molecule has 1 aliphatic rings. The number of furan rings is 1. The third kappa shape index (κ3) is 4.94. The fraction of sp³-hybridized carbons (Fsp3) is 0.125. The number of likely N-dealkylation sites (N-methyl/N-ethyl adjacent to an activating group) is 1. The van der Waals surface area contributed by atoms with Gasteiger partial charge >= 0.3 is 5.97 Å². The smallest absolute Gasteiger partial charge is 0.335 e. The molecule has 35 heavy (non-hydrogen) atoms. The van der Waals surface area contributed by atoms with Crippen LogP contribution in [0.1, 0.15) is 23.0 Å². The van der Waals surface area contributed by atoms with Gasteiger partial charge in [-0.05, 0) is 61.2 Å². The summed E-state index contributed by atoms with van der Waals surface area (Å²) in [4.78, 5) is 41.4. The van der Waals surface area contributed by atoms with Crippen LogP contribution in [0.5, 0.6) is 5.75 Å². The number of aliphatic imine (C=N–C) groups is 1. The quantitative estimate of drug-likeness (QED) is 0.270. The predicted octanol–water partition coefficient (Wildman–Crippen LogP) is 5.19. The van der Waals surface area contributed by atoms with Crippen LogP contribution in [0.3, 0.4) is 0 Å². The molecule has 0 atom stereocenters. The Hall–Kier alpha value is -4.38. The van der Waals surface area contributed by atoms with Gasteiger partial charge in [0.2, 0.25) is 0 Å². The van der Waals surface area contributed by atoms with Gasteiger partial charge in [-0.3, -0.25) is 19.8 Å². The number of nitro groups is 1. The standard InChI is InChI=1S/C24H19N3O7S/c1-3-26-22(28)21(35-24(26)25-15-6-4-5-14(11-15)23(29)30)13-17-8-10-20(34-17)18-9-7-16(33-2)12-19(18)27(31)32/h4-13H,3H2,1-2H3,(H,29,30)/b21-13+,25-24?. The van der Waals surface area contributed by atoms with Crippen LogP contribution in [0, 0.1) is 10.1 Å². The number of hydrogen-bond donors (Lipinski definition) is 1. The van der Waals surface area contributed by atoms with Crippen LogP contribution in [0.15, 0.2) is 68.9 Å². The number of carboxylic acids is 1. The Kier molecular flexibility index (Phi) is 6.69. The molecule has 0 bridgehead atoms. The van der Waals surface area contributed by atoms with Crippen LogP contribution in [0.25, 0.3) is 17.4 Å². The maximum atomic E-state index is 12.9. The van der Waals surface area contributed by atoms with Crippen LogP contribution in [-0.4, -0.2) is 45.6 Å². The summed E-state index contributed by atoms with van der Waals surface area (Å²) in [6.07, 6.45) is 1.55. The number of benzene rings is 2. The predicted molar refractivity (Wildman–Crippen MR) is 131 cm³/mol. The molecule has 2 aromatic carbocycles. The average Bonchev–Trinajstić information content (AvgIpc) is 3.43. The summed E-state index contributed by atoms with van der Waals surface area (Å²) in [5, 5.41) is 21.1. The van der Waals surface area contributed by atoms with E-state index in [0.717, 1.165) is 11.8 Å². The minimum Gasteiger partial charge on any atom is -0.497 e. The Morgan fingerprint density at radius 2 is 2.06 bits per heavy atom. The molecule has 11 heteroatoms. The maximum absolute atomic E-state index is 12.9. The number of amidine groups is 1. The van der Waals surface area contributed by atoms with Crippen LogP contribution >= 0.6 is 11.8 Å². The van der Waals surface area contributed by atoms with Crippen LogP contribution in [-0.2, 0) is 4.79 Å². The van der Waals surface area contributed by atoms with Crippen LogP contribution in [0.4, 0.5) is 11.4 Å². The van der Waals surface area contributed by atoms with E-state index in [1.165, 1.54) is 36.3 Å². The highest BCUT2D eigenvalue weighted by Crippen LogP contribution is 2.37. The minimum atomic E-state index is -1.07. The van der Waals surface area contributed by atoms with E-state index in [1.54, 1.807) is 43.3 Å². The van der Waals surface area contributed by atoms with E-state index in [1.807, 2.05) is 0 Å².